The fraction of sp³-hybridized carbons (Fsp3) is 0.440. The fourth-order valence-electron chi connectivity index (χ4n) is 3.59. The van der Waals surface area contributed by atoms with E-state index in [0.717, 1.165) is 18.6 Å². The highest BCUT2D eigenvalue weighted by Gasteiger charge is 2.24. The van der Waals surface area contributed by atoms with E-state index >= 15 is 0 Å². The van der Waals surface area contributed by atoms with Gasteiger partial charge < -0.3 is 15.0 Å². The van der Waals surface area contributed by atoms with Crippen LogP contribution < -0.4 is 10.1 Å². The lowest BCUT2D eigenvalue weighted by Crippen LogP contribution is -2.46. The van der Waals surface area contributed by atoms with Crippen molar-refractivity contribution in [3.8, 4) is 5.75 Å². The van der Waals surface area contributed by atoms with Crippen molar-refractivity contribution in [3.05, 3.63) is 65.7 Å². The van der Waals surface area contributed by atoms with E-state index in [-0.39, 0.29) is 23.3 Å². The normalized spacial score (nSPS) is 15.0. The van der Waals surface area contributed by atoms with Crippen molar-refractivity contribution < 1.29 is 14.3 Å². The van der Waals surface area contributed by atoms with Gasteiger partial charge in [0.05, 0.1) is 13.0 Å². The minimum atomic E-state index is -0.0449. The van der Waals surface area contributed by atoms with Crippen molar-refractivity contribution in [1.29, 1.82) is 0 Å². The standard InChI is InChI=1S/C25H32N2O3/c1-25(2,3)20-11-9-19(10-12-20)24(29)26-21-13-16-27(17-14-21)23(28)15-18-30-22-7-5-4-6-8-22/h4-12,21H,13-18H2,1-3H3,(H,26,29). The summed E-state index contributed by atoms with van der Waals surface area (Å²) in [4.78, 5) is 26.8. The van der Waals surface area contributed by atoms with Crippen LogP contribution in [0.4, 0.5) is 0 Å². The number of rotatable bonds is 6. The van der Waals surface area contributed by atoms with Crippen LogP contribution in [0.3, 0.4) is 0 Å². The number of carbonyl (C=O) groups is 2. The van der Waals surface area contributed by atoms with E-state index < -0.39 is 0 Å². The molecule has 0 aliphatic carbocycles. The molecule has 0 spiro atoms. The molecule has 3 rings (SSSR count). The lowest BCUT2D eigenvalue weighted by Gasteiger charge is -2.32. The molecule has 1 saturated heterocycles. The van der Waals surface area contributed by atoms with Crippen molar-refractivity contribution in [2.45, 2.75) is 51.5 Å². The van der Waals surface area contributed by atoms with Crippen molar-refractivity contribution >= 4 is 11.8 Å². The quantitative estimate of drug-likeness (QED) is 0.780. The molecule has 0 bridgehead atoms. The number of piperidine rings is 1. The van der Waals surface area contributed by atoms with Crippen LogP contribution in [0.5, 0.6) is 5.75 Å². The monoisotopic (exact) mass is 408 g/mol. The zero-order chi connectivity index (χ0) is 21.6. The van der Waals surface area contributed by atoms with Gasteiger partial charge in [0.15, 0.2) is 0 Å². The maximum Gasteiger partial charge on any atom is 0.251 e. The molecule has 0 unspecified atom stereocenters. The molecule has 0 atom stereocenters. The Morgan fingerprint density at radius 3 is 2.23 bits per heavy atom. The first-order valence-electron chi connectivity index (χ1n) is 10.7. The van der Waals surface area contributed by atoms with Crippen LogP contribution in [0.1, 0.15) is 56.0 Å². The van der Waals surface area contributed by atoms with Gasteiger partial charge in [-0.2, -0.15) is 0 Å². The van der Waals surface area contributed by atoms with Gasteiger partial charge in [-0.25, -0.2) is 0 Å². The molecule has 0 radical (unpaired) electrons. The lowest BCUT2D eigenvalue weighted by molar-refractivity contribution is -0.132. The second-order valence-corrected chi connectivity index (χ2v) is 8.87. The minimum Gasteiger partial charge on any atom is -0.493 e. The minimum absolute atomic E-state index is 0.0449. The first-order chi connectivity index (χ1) is 14.3. The Bertz CT molecular complexity index is 833. The van der Waals surface area contributed by atoms with E-state index in [4.69, 9.17) is 4.74 Å². The number of hydrogen-bond acceptors (Lipinski definition) is 3. The third kappa shape index (κ3) is 6.09. The number of carbonyl (C=O) groups excluding carboxylic acids is 2. The molecule has 1 aliphatic heterocycles. The van der Waals surface area contributed by atoms with Gasteiger partial charge in [-0.15, -0.1) is 0 Å². The summed E-state index contributed by atoms with van der Waals surface area (Å²) in [5.41, 5.74) is 1.96. The number of hydrogen-bond donors (Lipinski definition) is 1. The first-order valence-corrected chi connectivity index (χ1v) is 10.7. The van der Waals surface area contributed by atoms with Gasteiger partial charge in [0.1, 0.15) is 5.75 Å². The molecule has 5 nitrogen and oxygen atoms in total. The average molecular weight is 409 g/mol. The molecule has 1 heterocycles. The maximum absolute atomic E-state index is 12.6. The number of amides is 2. The first kappa shape index (κ1) is 21.9. The van der Waals surface area contributed by atoms with Gasteiger partial charge in [0.25, 0.3) is 5.91 Å². The van der Waals surface area contributed by atoms with Crippen LogP contribution in [0.15, 0.2) is 54.6 Å². The molecular formula is C25H32N2O3. The highest BCUT2D eigenvalue weighted by atomic mass is 16.5. The van der Waals surface area contributed by atoms with Crippen molar-refractivity contribution in [2.75, 3.05) is 19.7 Å². The van der Waals surface area contributed by atoms with Crippen molar-refractivity contribution in [2.24, 2.45) is 0 Å². The summed E-state index contributed by atoms with van der Waals surface area (Å²) < 4.78 is 5.61. The Labute approximate surface area is 179 Å². The van der Waals surface area contributed by atoms with Crippen LogP contribution in [-0.2, 0) is 10.2 Å². The van der Waals surface area contributed by atoms with Crippen molar-refractivity contribution in [3.63, 3.8) is 0 Å². The summed E-state index contributed by atoms with van der Waals surface area (Å²) in [6, 6.07) is 17.4. The Kier molecular flexibility index (Phi) is 7.14. The van der Waals surface area contributed by atoms with Gasteiger partial charge in [-0.3, -0.25) is 9.59 Å². The number of nitrogens with zero attached hydrogens (tertiary/aromatic N) is 1. The molecule has 160 valence electrons. The summed E-state index contributed by atoms with van der Waals surface area (Å²) in [6.07, 6.45) is 1.92. The molecule has 1 fully saturated rings. The third-order valence-corrected chi connectivity index (χ3v) is 5.52. The summed E-state index contributed by atoms with van der Waals surface area (Å²) >= 11 is 0. The molecule has 1 aliphatic rings. The molecule has 1 N–H and O–H groups in total. The summed E-state index contributed by atoms with van der Waals surface area (Å²) in [6.45, 7) is 8.18. The Morgan fingerprint density at radius 1 is 1.00 bits per heavy atom. The number of benzene rings is 2. The van der Waals surface area contributed by atoms with Crippen LogP contribution in [0.2, 0.25) is 0 Å². The van der Waals surface area contributed by atoms with Gasteiger partial charge in [-0.05, 0) is 48.1 Å². The van der Waals surface area contributed by atoms with E-state index in [1.165, 1.54) is 5.56 Å². The number of para-hydroxylation sites is 1. The van der Waals surface area contributed by atoms with Gasteiger partial charge in [0.2, 0.25) is 5.91 Å². The fourth-order valence-corrected chi connectivity index (χ4v) is 3.59. The molecule has 2 aromatic carbocycles. The van der Waals surface area contributed by atoms with Crippen molar-refractivity contribution in [1.82, 2.24) is 10.2 Å². The summed E-state index contributed by atoms with van der Waals surface area (Å²) in [7, 11) is 0. The molecule has 5 heteroatoms. The molecule has 0 aromatic heterocycles. The van der Waals surface area contributed by atoms with E-state index in [2.05, 4.69) is 26.1 Å². The molecule has 2 amide bonds. The van der Waals surface area contributed by atoms with Crippen LogP contribution in [0, 0.1) is 0 Å². The highest BCUT2D eigenvalue weighted by molar-refractivity contribution is 5.94. The largest absolute Gasteiger partial charge is 0.493 e. The Balaban J connectivity index is 1.40. The number of nitrogens with one attached hydrogen (secondary N) is 1. The third-order valence-electron chi connectivity index (χ3n) is 5.52. The predicted molar refractivity (Wildman–Crippen MR) is 119 cm³/mol. The van der Waals surface area contributed by atoms with E-state index in [1.54, 1.807) is 0 Å². The van der Waals surface area contributed by atoms with Crippen LogP contribution in [-0.4, -0.2) is 42.5 Å². The smallest absolute Gasteiger partial charge is 0.251 e. The van der Waals surface area contributed by atoms with Gasteiger partial charge in [0, 0.05) is 24.7 Å². The molecular weight excluding hydrogens is 376 g/mol. The SMILES string of the molecule is CC(C)(C)c1ccc(C(=O)NC2CCN(C(=O)CCOc3ccccc3)CC2)cc1. The second-order valence-electron chi connectivity index (χ2n) is 8.87. The molecule has 30 heavy (non-hydrogen) atoms. The highest BCUT2D eigenvalue weighted by Crippen LogP contribution is 2.22. The molecule has 2 aromatic rings. The zero-order valence-electron chi connectivity index (χ0n) is 18.2. The Hall–Kier alpha value is -2.82. The van der Waals surface area contributed by atoms with E-state index in [9.17, 15) is 9.59 Å². The Morgan fingerprint density at radius 2 is 1.63 bits per heavy atom. The number of likely N-dealkylation sites (tertiary alicyclic amines) is 1. The summed E-state index contributed by atoms with van der Waals surface area (Å²) in [5.74, 6) is 0.840. The average Bonchev–Trinajstić information content (AvgIpc) is 2.74. The lowest BCUT2D eigenvalue weighted by atomic mass is 9.86. The maximum atomic E-state index is 12.6. The van der Waals surface area contributed by atoms with Gasteiger partial charge >= 0.3 is 0 Å². The second kappa shape index (κ2) is 9.79. The van der Waals surface area contributed by atoms with Crippen LogP contribution in [0.25, 0.3) is 0 Å². The molecule has 0 saturated carbocycles. The predicted octanol–water partition coefficient (Wildman–Crippen LogP) is 4.17. The number of ether oxygens (including phenoxy) is 1. The topological polar surface area (TPSA) is 58.6 Å². The van der Waals surface area contributed by atoms with Crippen LogP contribution >= 0.6 is 0 Å². The van der Waals surface area contributed by atoms with Gasteiger partial charge in [-0.1, -0.05) is 51.1 Å². The van der Waals surface area contributed by atoms with E-state index in [1.807, 2.05) is 59.5 Å². The summed E-state index contributed by atoms with van der Waals surface area (Å²) in [5, 5.41) is 3.12. The zero-order valence-corrected chi connectivity index (χ0v) is 18.2. The van der Waals surface area contributed by atoms with E-state index in [0.29, 0.717) is 31.7 Å².